The van der Waals surface area contributed by atoms with E-state index in [-0.39, 0.29) is 18.3 Å². The van der Waals surface area contributed by atoms with Crippen molar-refractivity contribution in [3.8, 4) is 17.2 Å². The van der Waals surface area contributed by atoms with Crippen LogP contribution >= 0.6 is 27.3 Å². The highest BCUT2D eigenvalue weighted by molar-refractivity contribution is 9.10. The van der Waals surface area contributed by atoms with Crippen LogP contribution in [0.2, 0.25) is 0 Å². The minimum atomic E-state index is -0.678. The Bertz CT molecular complexity index is 1600. The highest BCUT2D eigenvalue weighted by atomic mass is 79.9. The molecule has 0 saturated heterocycles. The summed E-state index contributed by atoms with van der Waals surface area (Å²) < 4.78 is 19.5. The molecule has 0 fully saturated rings. The zero-order valence-corrected chi connectivity index (χ0v) is 23.3. The molecule has 0 aliphatic carbocycles. The van der Waals surface area contributed by atoms with Gasteiger partial charge in [-0.3, -0.25) is 14.2 Å². The van der Waals surface area contributed by atoms with Crippen LogP contribution in [0.25, 0.3) is 6.08 Å². The number of rotatable bonds is 6. The number of carbonyl (C=O) groups excluding carboxylic acids is 1. The number of hydrogen-bond donors (Lipinski definition) is 0. The summed E-state index contributed by atoms with van der Waals surface area (Å²) in [4.78, 5) is 34.7. The Hall–Kier alpha value is -3.37. The number of ether oxygens (including phenoxy) is 3. The Morgan fingerprint density at radius 1 is 1.24 bits per heavy atom. The standard InChI is InChI=1S/C27H26BrN3O5S/c1-5-30(6-2)26(33)23-15(3)29-27-31(24(23)17-9-7-8-10-19(17)34-4)25(32)22(37-27)12-16-11-20-21(13-18(16)28)36-14-35-20/h7-13,24H,5-6,14H2,1-4H3/b22-12+/t24-/m1/s1. The van der Waals surface area contributed by atoms with Crippen molar-refractivity contribution in [2.75, 3.05) is 27.0 Å². The number of benzene rings is 2. The maximum Gasteiger partial charge on any atom is 0.271 e. The Morgan fingerprint density at radius 3 is 2.65 bits per heavy atom. The predicted octanol–water partition coefficient (Wildman–Crippen LogP) is 3.60. The molecule has 5 rings (SSSR count). The summed E-state index contributed by atoms with van der Waals surface area (Å²) in [6, 6.07) is 10.5. The molecule has 2 aliphatic rings. The number of aromatic nitrogens is 1. The third kappa shape index (κ3) is 4.38. The van der Waals surface area contributed by atoms with E-state index in [1.165, 1.54) is 11.3 Å². The highest BCUT2D eigenvalue weighted by Gasteiger charge is 2.35. The van der Waals surface area contributed by atoms with Gasteiger partial charge in [-0.05, 0) is 50.6 Å². The number of hydrogen-bond acceptors (Lipinski definition) is 7. The molecular formula is C27H26BrN3O5S. The second-order valence-electron chi connectivity index (χ2n) is 8.53. The summed E-state index contributed by atoms with van der Waals surface area (Å²) in [6.07, 6.45) is 1.81. The number of para-hydroxylation sites is 1. The molecule has 1 atom stereocenters. The van der Waals surface area contributed by atoms with Gasteiger partial charge in [-0.25, -0.2) is 4.99 Å². The van der Waals surface area contributed by atoms with Crippen LogP contribution in [0.1, 0.15) is 37.9 Å². The van der Waals surface area contributed by atoms with Crippen LogP contribution in [-0.2, 0) is 4.79 Å². The van der Waals surface area contributed by atoms with Gasteiger partial charge >= 0.3 is 0 Å². The van der Waals surface area contributed by atoms with Crippen molar-refractivity contribution in [3.05, 3.63) is 83.0 Å². The molecular weight excluding hydrogens is 558 g/mol. The number of amides is 1. The number of nitrogens with zero attached hydrogens (tertiary/aromatic N) is 3. The van der Waals surface area contributed by atoms with Crippen LogP contribution < -0.4 is 29.1 Å². The molecule has 10 heteroatoms. The van der Waals surface area contributed by atoms with Crippen molar-refractivity contribution >= 4 is 39.2 Å². The van der Waals surface area contributed by atoms with Crippen LogP contribution in [0, 0.1) is 0 Å². The summed E-state index contributed by atoms with van der Waals surface area (Å²) in [5.41, 5.74) is 2.33. The summed E-state index contributed by atoms with van der Waals surface area (Å²) in [5, 5.41) is 0. The van der Waals surface area contributed by atoms with Gasteiger partial charge in [-0.2, -0.15) is 0 Å². The minimum Gasteiger partial charge on any atom is -0.496 e. The van der Waals surface area contributed by atoms with E-state index in [4.69, 9.17) is 19.2 Å². The molecule has 3 aromatic rings. The molecule has 2 aliphatic heterocycles. The van der Waals surface area contributed by atoms with Crippen molar-refractivity contribution in [2.45, 2.75) is 26.8 Å². The number of methoxy groups -OCH3 is 1. The van der Waals surface area contributed by atoms with Gasteiger partial charge in [-0.15, -0.1) is 0 Å². The van der Waals surface area contributed by atoms with Gasteiger partial charge in [0, 0.05) is 23.1 Å². The molecule has 2 aromatic carbocycles. The second-order valence-corrected chi connectivity index (χ2v) is 10.4. The fraction of sp³-hybridized carbons (Fsp3) is 0.296. The van der Waals surface area contributed by atoms with Gasteiger partial charge in [-0.1, -0.05) is 45.5 Å². The van der Waals surface area contributed by atoms with Gasteiger partial charge in [0.1, 0.15) is 11.8 Å². The van der Waals surface area contributed by atoms with E-state index < -0.39 is 6.04 Å². The molecule has 0 radical (unpaired) electrons. The maximum absolute atomic E-state index is 14.0. The smallest absolute Gasteiger partial charge is 0.271 e. The van der Waals surface area contributed by atoms with E-state index in [1.54, 1.807) is 22.7 Å². The van der Waals surface area contributed by atoms with Gasteiger partial charge < -0.3 is 19.1 Å². The third-order valence-corrected chi connectivity index (χ3v) is 8.18. The fourth-order valence-electron chi connectivity index (χ4n) is 4.65. The molecule has 3 heterocycles. The molecule has 0 N–H and O–H groups in total. The lowest BCUT2D eigenvalue weighted by atomic mass is 9.94. The first-order chi connectivity index (χ1) is 17.9. The van der Waals surface area contributed by atoms with E-state index in [0.29, 0.717) is 50.9 Å². The predicted molar refractivity (Wildman–Crippen MR) is 145 cm³/mol. The van der Waals surface area contributed by atoms with Gasteiger partial charge in [0.2, 0.25) is 6.79 Å². The monoisotopic (exact) mass is 583 g/mol. The lowest BCUT2D eigenvalue weighted by Crippen LogP contribution is -2.43. The van der Waals surface area contributed by atoms with E-state index in [0.717, 1.165) is 15.6 Å². The zero-order chi connectivity index (χ0) is 26.3. The van der Waals surface area contributed by atoms with Crippen molar-refractivity contribution < 1.29 is 19.0 Å². The second kappa shape index (κ2) is 10.2. The average molecular weight is 584 g/mol. The van der Waals surface area contributed by atoms with Crippen LogP contribution in [0.15, 0.2) is 61.9 Å². The van der Waals surface area contributed by atoms with Gasteiger partial charge in [0.25, 0.3) is 11.5 Å². The third-order valence-electron chi connectivity index (χ3n) is 6.51. The molecule has 0 unspecified atom stereocenters. The maximum atomic E-state index is 14.0. The quantitative estimate of drug-likeness (QED) is 0.443. The van der Waals surface area contributed by atoms with Gasteiger partial charge in [0.15, 0.2) is 16.3 Å². The van der Waals surface area contributed by atoms with Gasteiger partial charge in [0.05, 0.1) is 22.9 Å². The topological polar surface area (TPSA) is 82.4 Å². The van der Waals surface area contributed by atoms with Crippen molar-refractivity contribution in [3.63, 3.8) is 0 Å². The molecule has 192 valence electrons. The number of carbonyl (C=O) groups is 1. The Morgan fingerprint density at radius 2 is 1.95 bits per heavy atom. The van der Waals surface area contributed by atoms with Crippen LogP contribution in [0.3, 0.4) is 0 Å². The fourth-order valence-corrected chi connectivity index (χ4v) is 6.12. The Balaban J connectivity index is 1.74. The minimum absolute atomic E-state index is 0.144. The summed E-state index contributed by atoms with van der Waals surface area (Å²) in [6.45, 7) is 6.96. The molecule has 0 spiro atoms. The molecule has 8 nitrogen and oxygen atoms in total. The first-order valence-electron chi connectivity index (χ1n) is 11.9. The summed E-state index contributed by atoms with van der Waals surface area (Å²) in [5.74, 6) is 1.73. The van der Waals surface area contributed by atoms with Crippen LogP contribution in [-0.4, -0.2) is 42.4 Å². The Kier molecular flexibility index (Phi) is 6.96. The summed E-state index contributed by atoms with van der Waals surface area (Å²) >= 11 is 4.86. The van der Waals surface area contributed by atoms with Crippen LogP contribution in [0.5, 0.6) is 17.2 Å². The lowest BCUT2D eigenvalue weighted by molar-refractivity contribution is -0.127. The van der Waals surface area contributed by atoms with E-state index >= 15 is 0 Å². The van der Waals surface area contributed by atoms with E-state index in [9.17, 15) is 9.59 Å². The summed E-state index contributed by atoms with van der Waals surface area (Å²) in [7, 11) is 1.59. The number of fused-ring (bicyclic) bond motifs is 2. The molecule has 37 heavy (non-hydrogen) atoms. The van der Waals surface area contributed by atoms with Crippen molar-refractivity contribution in [2.24, 2.45) is 4.99 Å². The lowest BCUT2D eigenvalue weighted by Gasteiger charge is -2.29. The number of likely N-dealkylation sites (N-methyl/N-ethyl adjacent to an activating group) is 1. The first-order valence-corrected chi connectivity index (χ1v) is 13.5. The van der Waals surface area contributed by atoms with Crippen molar-refractivity contribution in [1.29, 1.82) is 0 Å². The average Bonchev–Trinajstić information content (AvgIpc) is 3.47. The molecule has 0 saturated carbocycles. The normalized spacial score (nSPS) is 16.5. The Labute approximate surface area is 226 Å². The van der Waals surface area contributed by atoms with E-state index in [1.807, 2.05) is 57.2 Å². The number of allylic oxidation sites excluding steroid dienone is 1. The largest absolute Gasteiger partial charge is 0.496 e. The highest BCUT2D eigenvalue weighted by Crippen LogP contribution is 2.38. The molecule has 1 amide bonds. The van der Waals surface area contributed by atoms with Crippen molar-refractivity contribution in [1.82, 2.24) is 9.47 Å². The zero-order valence-electron chi connectivity index (χ0n) is 20.9. The number of thiazole rings is 1. The molecule has 1 aromatic heterocycles. The van der Waals surface area contributed by atoms with E-state index in [2.05, 4.69) is 15.9 Å². The number of halogens is 1. The first kappa shape index (κ1) is 25.3. The van der Waals surface area contributed by atoms with Crippen LogP contribution in [0.4, 0.5) is 0 Å². The molecule has 0 bridgehead atoms. The SMILES string of the molecule is CCN(CC)C(=O)C1=C(C)N=c2s/c(=C/c3cc4c(cc3Br)OCO4)c(=O)n2[C@@H]1c1ccccc1OC.